The van der Waals surface area contributed by atoms with Gasteiger partial charge < -0.3 is 20.9 Å². The van der Waals surface area contributed by atoms with Crippen LogP contribution in [0.5, 0.6) is 0 Å². The van der Waals surface area contributed by atoms with Crippen molar-refractivity contribution in [2.24, 2.45) is 5.73 Å². The molecule has 2 aromatic rings. The van der Waals surface area contributed by atoms with Crippen LogP contribution in [0.4, 0.5) is 13.2 Å². The molecule has 2 aliphatic rings. The highest BCUT2D eigenvalue weighted by Gasteiger charge is 2.41. The number of primary amides is 1. The van der Waals surface area contributed by atoms with E-state index in [1.807, 2.05) is 42.2 Å². The summed E-state index contributed by atoms with van der Waals surface area (Å²) in [6.45, 7) is 3.18. The number of nitrogens with two attached hydrogens (primary N) is 1. The van der Waals surface area contributed by atoms with E-state index < -0.39 is 29.2 Å². The van der Waals surface area contributed by atoms with E-state index in [0.29, 0.717) is 30.0 Å². The van der Waals surface area contributed by atoms with Crippen molar-refractivity contribution in [3.05, 3.63) is 81.9 Å². The molecule has 2 unspecified atom stereocenters. The van der Waals surface area contributed by atoms with Crippen LogP contribution in [-0.4, -0.2) is 39.7 Å². The van der Waals surface area contributed by atoms with E-state index >= 15 is 0 Å². The van der Waals surface area contributed by atoms with Crippen LogP contribution >= 0.6 is 11.8 Å². The van der Waals surface area contributed by atoms with Gasteiger partial charge in [0.15, 0.2) is 5.50 Å². The minimum absolute atomic E-state index is 0.0998. The molecule has 186 valence electrons. The first-order chi connectivity index (χ1) is 16.6. The Labute approximate surface area is 206 Å². The lowest BCUT2D eigenvalue weighted by Gasteiger charge is -2.41. The van der Waals surface area contributed by atoms with Crippen LogP contribution in [0.25, 0.3) is 0 Å². The number of likely N-dealkylation sites (tertiary alicyclic amines) is 1. The number of alkyl halides is 3. The van der Waals surface area contributed by atoms with Gasteiger partial charge in [-0.3, -0.25) is 9.59 Å². The van der Waals surface area contributed by atoms with Gasteiger partial charge >= 0.3 is 6.18 Å². The Kier molecular flexibility index (Phi) is 7.42. The fourth-order valence-electron chi connectivity index (χ4n) is 4.36. The first-order valence-corrected chi connectivity index (χ1v) is 12.2. The van der Waals surface area contributed by atoms with Crippen molar-refractivity contribution in [3.63, 3.8) is 0 Å². The standard InChI is InChI=1S/C25H27F3N4O2S/c1-16-21(22(29)33)35-24(32(16)15-18-6-3-2-4-7-18)31-13-5-8-20(23(31)34)30-14-17-9-11-19(12-10-17)25(26,27)28/h2-4,6-7,9-12,20,24,30H,5,8,13-15H2,1H3,(H2,29,33). The van der Waals surface area contributed by atoms with Crippen molar-refractivity contribution in [1.29, 1.82) is 0 Å². The molecule has 4 rings (SSSR count). The van der Waals surface area contributed by atoms with Gasteiger partial charge in [0.25, 0.3) is 5.91 Å². The van der Waals surface area contributed by atoms with Crippen LogP contribution in [0, 0.1) is 0 Å². The van der Waals surface area contributed by atoms with Gasteiger partial charge in [-0.15, -0.1) is 0 Å². The summed E-state index contributed by atoms with van der Waals surface area (Å²) in [4.78, 5) is 29.7. The summed E-state index contributed by atoms with van der Waals surface area (Å²) in [5.41, 5.74) is 6.96. The maximum atomic E-state index is 13.4. The van der Waals surface area contributed by atoms with E-state index in [4.69, 9.17) is 5.73 Å². The van der Waals surface area contributed by atoms with Crippen LogP contribution in [0.15, 0.2) is 65.2 Å². The van der Waals surface area contributed by atoms with Crippen LogP contribution in [0.3, 0.4) is 0 Å². The molecule has 2 atom stereocenters. The Balaban J connectivity index is 1.46. The second-order valence-electron chi connectivity index (χ2n) is 8.64. The Morgan fingerprint density at radius 2 is 1.80 bits per heavy atom. The van der Waals surface area contributed by atoms with Crippen molar-refractivity contribution in [1.82, 2.24) is 15.1 Å². The molecule has 0 saturated carbocycles. The zero-order valence-corrected chi connectivity index (χ0v) is 20.0. The number of amides is 2. The lowest BCUT2D eigenvalue weighted by molar-refractivity contribution is -0.139. The fraction of sp³-hybridized carbons (Fsp3) is 0.360. The fourth-order valence-corrected chi connectivity index (χ4v) is 5.67. The van der Waals surface area contributed by atoms with Gasteiger partial charge in [-0.25, -0.2) is 0 Å². The van der Waals surface area contributed by atoms with E-state index in [9.17, 15) is 22.8 Å². The number of halogens is 3. The average molecular weight is 505 g/mol. The number of nitrogens with one attached hydrogen (secondary N) is 1. The molecule has 6 nitrogen and oxygen atoms in total. The predicted molar refractivity (Wildman–Crippen MR) is 128 cm³/mol. The zero-order valence-electron chi connectivity index (χ0n) is 19.2. The summed E-state index contributed by atoms with van der Waals surface area (Å²) in [6, 6.07) is 14.2. The SMILES string of the molecule is CC1=C(C(N)=O)SC(N2CCCC(NCc3ccc(C(F)(F)F)cc3)C2=O)N1Cc1ccccc1. The molecule has 0 bridgehead atoms. The van der Waals surface area contributed by atoms with Gasteiger partial charge in [-0.05, 0) is 43.0 Å². The van der Waals surface area contributed by atoms with Gasteiger partial charge in [0.05, 0.1) is 16.5 Å². The predicted octanol–water partition coefficient (Wildman–Crippen LogP) is 4.04. The van der Waals surface area contributed by atoms with Crippen molar-refractivity contribution in [3.8, 4) is 0 Å². The number of carbonyl (C=O) groups excluding carboxylic acids is 2. The third kappa shape index (κ3) is 5.65. The van der Waals surface area contributed by atoms with Crippen LogP contribution in [-0.2, 0) is 28.9 Å². The smallest absolute Gasteiger partial charge is 0.365 e. The minimum atomic E-state index is -4.38. The number of allylic oxidation sites excluding steroid dienone is 1. The van der Waals surface area contributed by atoms with Crippen molar-refractivity contribution in [2.45, 2.75) is 50.6 Å². The number of benzene rings is 2. The number of hydrogen-bond donors (Lipinski definition) is 2. The molecule has 2 aliphatic heterocycles. The van der Waals surface area contributed by atoms with Crippen molar-refractivity contribution >= 4 is 23.6 Å². The van der Waals surface area contributed by atoms with E-state index in [1.54, 1.807) is 4.90 Å². The average Bonchev–Trinajstić information content (AvgIpc) is 3.15. The van der Waals surface area contributed by atoms with Gasteiger partial charge in [0, 0.05) is 25.3 Å². The van der Waals surface area contributed by atoms with E-state index in [0.717, 1.165) is 29.8 Å². The normalized spacial score (nSPS) is 21.1. The summed E-state index contributed by atoms with van der Waals surface area (Å²) in [5.74, 6) is -0.619. The van der Waals surface area contributed by atoms with Crippen LogP contribution in [0.2, 0.25) is 0 Å². The van der Waals surface area contributed by atoms with Gasteiger partial charge in [0.2, 0.25) is 5.91 Å². The van der Waals surface area contributed by atoms with E-state index in [-0.39, 0.29) is 12.5 Å². The molecule has 2 aromatic carbocycles. The quantitative estimate of drug-likeness (QED) is 0.595. The number of rotatable bonds is 7. The van der Waals surface area contributed by atoms with Crippen molar-refractivity contribution < 1.29 is 22.8 Å². The Hall–Kier alpha value is -2.98. The minimum Gasteiger partial charge on any atom is -0.365 e. The molecular formula is C25H27F3N4O2S. The highest BCUT2D eigenvalue weighted by Crippen LogP contribution is 2.41. The molecule has 0 radical (unpaired) electrons. The van der Waals surface area contributed by atoms with Gasteiger partial charge in [-0.2, -0.15) is 13.2 Å². The summed E-state index contributed by atoms with van der Waals surface area (Å²) >= 11 is 1.29. The molecule has 0 aromatic heterocycles. The van der Waals surface area contributed by atoms with Crippen molar-refractivity contribution in [2.75, 3.05) is 6.54 Å². The van der Waals surface area contributed by atoms with Crippen LogP contribution in [0.1, 0.15) is 36.5 Å². The highest BCUT2D eigenvalue weighted by molar-refractivity contribution is 8.04. The van der Waals surface area contributed by atoms with E-state index in [1.165, 1.54) is 23.9 Å². The third-order valence-corrected chi connectivity index (χ3v) is 7.69. The molecule has 2 amide bonds. The first kappa shape index (κ1) is 25.1. The number of nitrogens with zero attached hydrogens (tertiary/aromatic N) is 2. The summed E-state index contributed by atoms with van der Waals surface area (Å²) in [7, 11) is 0. The monoisotopic (exact) mass is 504 g/mol. The largest absolute Gasteiger partial charge is 0.416 e. The molecule has 3 N–H and O–H groups in total. The van der Waals surface area contributed by atoms with Gasteiger partial charge in [-0.1, -0.05) is 54.2 Å². The van der Waals surface area contributed by atoms with Crippen LogP contribution < -0.4 is 11.1 Å². The lowest BCUT2D eigenvalue weighted by Crippen LogP contribution is -2.56. The highest BCUT2D eigenvalue weighted by atomic mass is 32.2. The second-order valence-corrected chi connectivity index (χ2v) is 9.70. The summed E-state index contributed by atoms with van der Waals surface area (Å²) in [6.07, 6.45) is -3.00. The van der Waals surface area contributed by atoms with Gasteiger partial charge in [0.1, 0.15) is 0 Å². The maximum absolute atomic E-state index is 13.4. The number of hydrogen-bond acceptors (Lipinski definition) is 5. The Morgan fingerprint density at radius 1 is 1.11 bits per heavy atom. The maximum Gasteiger partial charge on any atom is 0.416 e. The molecule has 10 heteroatoms. The number of carbonyl (C=O) groups is 2. The topological polar surface area (TPSA) is 78.7 Å². The first-order valence-electron chi connectivity index (χ1n) is 11.3. The Morgan fingerprint density at radius 3 is 2.43 bits per heavy atom. The summed E-state index contributed by atoms with van der Waals surface area (Å²) in [5, 5.41) is 3.20. The molecule has 1 fully saturated rings. The number of thioether (sulfide) groups is 1. The second kappa shape index (κ2) is 10.3. The molecule has 2 heterocycles. The lowest BCUT2D eigenvalue weighted by atomic mass is 10.0. The molecular weight excluding hydrogens is 477 g/mol. The Bertz CT molecular complexity index is 1110. The zero-order chi connectivity index (χ0) is 25.2. The third-order valence-electron chi connectivity index (χ3n) is 6.24. The summed E-state index contributed by atoms with van der Waals surface area (Å²) < 4.78 is 38.4. The molecule has 35 heavy (non-hydrogen) atoms. The molecule has 0 spiro atoms. The molecule has 1 saturated heterocycles. The number of piperidine rings is 1. The molecule has 0 aliphatic carbocycles. The van der Waals surface area contributed by atoms with E-state index in [2.05, 4.69) is 5.32 Å².